The second-order valence-corrected chi connectivity index (χ2v) is 7.12. The number of carbonyl (C=O) groups is 1. The van der Waals surface area contributed by atoms with Crippen LogP contribution in [0.5, 0.6) is 0 Å². The summed E-state index contributed by atoms with van der Waals surface area (Å²) < 4.78 is 2.13. The predicted octanol–water partition coefficient (Wildman–Crippen LogP) is 3.04. The number of fused-ring (bicyclic) bond motifs is 1. The molecule has 118 valence electrons. The van der Waals surface area contributed by atoms with E-state index in [2.05, 4.69) is 33.9 Å². The number of aryl methyl sites for hydroxylation is 3. The van der Waals surface area contributed by atoms with Crippen LogP contribution < -0.4 is 5.32 Å². The highest BCUT2D eigenvalue weighted by Crippen LogP contribution is 2.24. The van der Waals surface area contributed by atoms with Gasteiger partial charge in [-0.3, -0.25) is 4.79 Å². The van der Waals surface area contributed by atoms with Gasteiger partial charge in [0.2, 0.25) is 0 Å². The Morgan fingerprint density at radius 2 is 2.32 bits per heavy atom. The van der Waals surface area contributed by atoms with Crippen molar-refractivity contribution in [3.63, 3.8) is 0 Å². The van der Waals surface area contributed by atoms with E-state index in [-0.39, 0.29) is 11.9 Å². The van der Waals surface area contributed by atoms with E-state index in [0.29, 0.717) is 0 Å². The molecule has 0 bridgehead atoms. The van der Waals surface area contributed by atoms with Gasteiger partial charge < -0.3 is 9.88 Å². The average Bonchev–Trinajstić information content (AvgIpc) is 3.15. The van der Waals surface area contributed by atoms with Crippen molar-refractivity contribution in [1.82, 2.24) is 20.1 Å². The molecule has 0 aromatic carbocycles. The quantitative estimate of drug-likeness (QED) is 0.922. The third kappa shape index (κ3) is 2.79. The zero-order valence-corrected chi connectivity index (χ0v) is 14.2. The number of nitrogens with one attached hydrogen (secondary N) is 1. The van der Waals surface area contributed by atoms with Crippen LogP contribution in [0.15, 0.2) is 6.07 Å². The number of aromatic nitrogens is 3. The van der Waals surface area contributed by atoms with Crippen LogP contribution in [0.4, 0.5) is 0 Å². The van der Waals surface area contributed by atoms with Gasteiger partial charge in [0.1, 0.15) is 5.82 Å². The lowest BCUT2D eigenvalue weighted by atomic mass is 10.1. The molecule has 22 heavy (non-hydrogen) atoms. The molecule has 2 aromatic heterocycles. The minimum Gasteiger partial charge on any atom is -0.342 e. The molecule has 3 heterocycles. The maximum absolute atomic E-state index is 12.5. The Hall–Kier alpha value is -1.69. The Morgan fingerprint density at radius 1 is 1.50 bits per heavy atom. The monoisotopic (exact) mass is 318 g/mol. The van der Waals surface area contributed by atoms with Gasteiger partial charge in [0.15, 0.2) is 5.82 Å². The lowest BCUT2D eigenvalue weighted by Crippen LogP contribution is -2.28. The molecule has 1 aliphatic heterocycles. The number of thiophene rings is 1. The zero-order valence-electron chi connectivity index (χ0n) is 13.3. The molecule has 1 N–H and O–H groups in total. The standard InChI is InChI=1S/C16H22N4OS/c1-4-6-12-9-13(22-11(12)3)16(21)17-10(2)15-19-18-14-7-5-8-20(14)15/h9-10H,4-8H2,1-3H3,(H,17,21). The van der Waals surface area contributed by atoms with Gasteiger partial charge in [-0.25, -0.2) is 0 Å². The first-order valence-corrected chi connectivity index (χ1v) is 8.74. The van der Waals surface area contributed by atoms with Crippen molar-refractivity contribution >= 4 is 17.2 Å². The van der Waals surface area contributed by atoms with E-state index >= 15 is 0 Å². The Bertz CT molecular complexity index is 688. The minimum atomic E-state index is -0.121. The van der Waals surface area contributed by atoms with Gasteiger partial charge in [0, 0.05) is 17.8 Å². The normalized spacial score (nSPS) is 14.9. The van der Waals surface area contributed by atoms with E-state index in [0.717, 1.165) is 48.8 Å². The molecule has 2 aromatic rings. The minimum absolute atomic E-state index is 0.0155. The van der Waals surface area contributed by atoms with Gasteiger partial charge >= 0.3 is 0 Å². The largest absolute Gasteiger partial charge is 0.342 e. The summed E-state index contributed by atoms with van der Waals surface area (Å²) in [7, 11) is 0. The highest BCUT2D eigenvalue weighted by atomic mass is 32.1. The Labute approximate surface area is 134 Å². The summed E-state index contributed by atoms with van der Waals surface area (Å²) >= 11 is 1.57. The molecule has 0 fully saturated rings. The second kappa shape index (κ2) is 6.20. The molecule has 1 unspecified atom stereocenters. The molecule has 3 rings (SSSR count). The average molecular weight is 318 g/mol. The summed E-state index contributed by atoms with van der Waals surface area (Å²) in [5.41, 5.74) is 1.29. The van der Waals surface area contributed by atoms with E-state index in [1.54, 1.807) is 11.3 Å². The first kappa shape index (κ1) is 15.2. The SMILES string of the molecule is CCCc1cc(C(=O)NC(C)c2nnc3n2CCC3)sc1C. The highest BCUT2D eigenvalue weighted by molar-refractivity contribution is 7.14. The number of hydrogen-bond acceptors (Lipinski definition) is 4. The molecule has 0 spiro atoms. The molecule has 1 aliphatic rings. The van der Waals surface area contributed by atoms with Gasteiger partial charge in [-0.05, 0) is 38.3 Å². The summed E-state index contributed by atoms with van der Waals surface area (Å²) in [6.45, 7) is 7.17. The van der Waals surface area contributed by atoms with Crippen LogP contribution in [0.25, 0.3) is 0 Å². The number of nitrogens with zero attached hydrogens (tertiary/aromatic N) is 3. The number of rotatable bonds is 5. The van der Waals surface area contributed by atoms with E-state index in [1.807, 2.05) is 13.0 Å². The maximum Gasteiger partial charge on any atom is 0.261 e. The molecule has 0 aliphatic carbocycles. The molecule has 1 atom stereocenters. The molecular formula is C16H22N4OS. The Kier molecular flexibility index (Phi) is 4.29. The second-order valence-electron chi connectivity index (χ2n) is 5.87. The van der Waals surface area contributed by atoms with Crippen molar-refractivity contribution in [2.24, 2.45) is 0 Å². The fourth-order valence-corrected chi connectivity index (χ4v) is 3.95. The van der Waals surface area contributed by atoms with E-state index < -0.39 is 0 Å². The molecule has 1 amide bonds. The molecule has 0 radical (unpaired) electrons. The van der Waals surface area contributed by atoms with Crippen LogP contribution in [0.2, 0.25) is 0 Å². The summed E-state index contributed by atoms with van der Waals surface area (Å²) in [5.74, 6) is 1.88. The van der Waals surface area contributed by atoms with Crippen LogP contribution in [0.3, 0.4) is 0 Å². The Morgan fingerprint density at radius 3 is 3.09 bits per heavy atom. The van der Waals surface area contributed by atoms with Gasteiger partial charge in [0.25, 0.3) is 5.91 Å². The van der Waals surface area contributed by atoms with E-state index in [9.17, 15) is 4.79 Å². The first-order chi connectivity index (χ1) is 10.6. The third-order valence-electron chi connectivity index (χ3n) is 4.14. The number of carbonyl (C=O) groups excluding carboxylic acids is 1. The van der Waals surface area contributed by atoms with Gasteiger partial charge in [0.05, 0.1) is 10.9 Å². The molecule has 0 saturated heterocycles. The van der Waals surface area contributed by atoms with E-state index in [4.69, 9.17) is 0 Å². The maximum atomic E-state index is 12.5. The van der Waals surface area contributed by atoms with Gasteiger partial charge in [-0.15, -0.1) is 21.5 Å². The summed E-state index contributed by atoms with van der Waals surface area (Å²) in [6, 6.07) is 1.91. The Balaban J connectivity index is 1.72. The summed E-state index contributed by atoms with van der Waals surface area (Å²) in [4.78, 5) is 14.5. The molecule has 5 nitrogen and oxygen atoms in total. The smallest absolute Gasteiger partial charge is 0.261 e. The van der Waals surface area contributed by atoms with Crippen molar-refractivity contribution in [3.05, 3.63) is 33.0 Å². The van der Waals surface area contributed by atoms with E-state index in [1.165, 1.54) is 10.4 Å². The summed E-state index contributed by atoms with van der Waals surface area (Å²) in [5, 5.41) is 11.5. The molecule has 6 heteroatoms. The van der Waals surface area contributed by atoms with Gasteiger partial charge in [-0.1, -0.05) is 13.3 Å². The zero-order chi connectivity index (χ0) is 15.7. The van der Waals surface area contributed by atoms with Crippen LogP contribution >= 0.6 is 11.3 Å². The van der Waals surface area contributed by atoms with Crippen molar-refractivity contribution in [3.8, 4) is 0 Å². The fourth-order valence-electron chi connectivity index (χ4n) is 2.97. The van der Waals surface area contributed by atoms with Crippen LogP contribution in [-0.4, -0.2) is 20.7 Å². The number of amides is 1. The fraction of sp³-hybridized carbons (Fsp3) is 0.562. The van der Waals surface area contributed by atoms with Crippen LogP contribution in [-0.2, 0) is 19.4 Å². The third-order valence-corrected chi connectivity index (χ3v) is 5.23. The highest BCUT2D eigenvalue weighted by Gasteiger charge is 2.23. The van der Waals surface area contributed by atoms with Crippen molar-refractivity contribution in [2.75, 3.05) is 0 Å². The topological polar surface area (TPSA) is 59.8 Å². The van der Waals surface area contributed by atoms with Gasteiger partial charge in [-0.2, -0.15) is 0 Å². The molecule has 0 saturated carbocycles. The van der Waals surface area contributed by atoms with Crippen LogP contribution in [0, 0.1) is 6.92 Å². The predicted molar refractivity (Wildman–Crippen MR) is 87.3 cm³/mol. The van der Waals surface area contributed by atoms with Crippen molar-refractivity contribution in [2.45, 2.75) is 59.0 Å². The van der Waals surface area contributed by atoms with Crippen LogP contribution in [0.1, 0.15) is 64.5 Å². The lowest BCUT2D eigenvalue weighted by molar-refractivity contribution is 0.0941. The van der Waals surface area contributed by atoms with Crippen molar-refractivity contribution in [1.29, 1.82) is 0 Å². The first-order valence-electron chi connectivity index (χ1n) is 7.92. The lowest BCUT2D eigenvalue weighted by Gasteiger charge is -2.13. The summed E-state index contributed by atoms with van der Waals surface area (Å²) in [6.07, 6.45) is 4.23. The molecular weight excluding hydrogens is 296 g/mol. The number of hydrogen-bond donors (Lipinski definition) is 1. The van der Waals surface area contributed by atoms with Crippen molar-refractivity contribution < 1.29 is 4.79 Å².